The van der Waals surface area contributed by atoms with E-state index in [-0.39, 0.29) is 16.9 Å². The maximum absolute atomic E-state index is 13.0. The highest BCUT2D eigenvalue weighted by Gasteiger charge is 2.21. The molecule has 132 valence electrons. The molecule has 0 amide bonds. The fourth-order valence-corrected chi connectivity index (χ4v) is 2.37. The molecule has 0 saturated carbocycles. The molecule has 0 fully saturated rings. The Morgan fingerprint density at radius 1 is 1.04 bits per heavy atom. The number of carboxylic acid groups (broad SMARTS) is 1. The van der Waals surface area contributed by atoms with Crippen LogP contribution in [0, 0.1) is 5.92 Å². The van der Waals surface area contributed by atoms with Crippen LogP contribution in [0.15, 0.2) is 42.5 Å². The number of benzene rings is 2. The van der Waals surface area contributed by atoms with Crippen molar-refractivity contribution in [3.8, 4) is 5.75 Å². The Morgan fingerprint density at radius 3 is 2.24 bits per heavy atom. The fourth-order valence-electron chi connectivity index (χ4n) is 2.37. The molecule has 1 N–H and O–H groups in total. The number of carbonyl (C=O) groups is 2. The first-order valence-electron chi connectivity index (χ1n) is 8.12. The van der Waals surface area contributed by atoms with Gasteiger partial charge in [0.2, 0.25) is 0 Å². The largest absolute Gasteiger partial charge is 0.492 e. The summed E-state index contributed by atoms with van der Waals surface area (Å²) < 4.78 is 5.84. The Hall–Kier alpha value is -2.82. The van der Waals surface area contributed by atoms with Crippen molar-refractivity contribution < 1.29 is 19.4 Å². The Kier molecular flexibility index (Phi) is 5.80. The van der Waals surface area contributed by atoms with Crippen molar-refractivity contribution >= 4 is 17.4 Å². The smallest absolute Gasteiger partial charge is 0.336 e. The average Bonchev–Trinajstić information content (AvgIpc) is 2.58. The van der Waals surface area contributed by atoms with Gasteiger partial charge in [-0.25, -0.2) is 4.79 Å². The molecule has 0 aliphatic carbocycles. The van der Waals surface area contributed by atoms with E-state index in [1.807, 2.05) is 38.9 Å². The lowest BCUT2D eigenvalue weighted by atomic mass is 9.97. The molecule has 2 aromatic rings. The number of aromatic carboxylic acids is 1. The van der Waals surface area contributed by atoms with Crippen molar-refractivity contribution in [3.05, 3.63) is 59.2 Å². The number of carboxylic acids is 1. The van der Waals surface area contributed by atoms with Crippen molar-refractivity contribution in [3.63, 3.8) is 0 Å². The van der Waals surface area contributed by atoms with E-state index in [0.717, 1.165) is 5.69 Å². The third-order valence-electron chi connectivity index (χ3n) is 3.70. The quantitative estimate of drug-likeness (QED) is 0.778. The standard InChI is InChI=1S/C20H23NO4/c1-13(2)12-25-18-11-14(21(3)4)9-10-17(18)19(22)15-7-5-6-8-16(15)20(23)24/h5-11,13H,12H2,1-4H3,(H,23,24). The molecule has 2 aromatic carbocycles. The van der Waals surface area contributed by atoms with Gasteiger partial charge in [-0.2, -0.15) is 0 Å². The van der Waals surface area contributed by atoms with Crippen LogP contribution in [0.3, 0.4) is 0 Å². The Labute approximate surface area is 147 Å². The minimum atomic E-state index is -1.13. The predicted octanol–water partition coefficient (Wildman–Crippen LogP) is 3.72. The minimum Gasteiger partial charge on any atom is -0.492 e. The van der Waals surface area contributed by atoms with Gasteiger partial charge in [0, 0.05) is 31.4 Å². The predicted molar refractivity (Wildman–Crippen MR) is 97.9 cm³/mol. The molecule has 0 aromatic heterocycles. The third-order valence-corrected chi connectivity index (χ3v) is 3.70. The molecule has 5 heteroatoms. The summed E-state index contributed by atoms with van der Waals surface area (Å²) in [7, 11) is 3.81. The molecule has 25 heavy (non-hydrogen) atoms. The van der Waals surface area contributed by atoms with Crippen LogP contribution in [0.1, 0.15) is 40.1 Å². The number of hydrogen-bond acceptors (Lipinski definition) is 4. The Bertz CT molecular complexity index is 781. The van der Waals surface area contributed by atoms with Gasteiger partial charge in [-0.15, -0.1) is 0 Å². The highest BCUT2D eigenvalue weighted by atomic mass is 16.5. The first-order chi connectivity index (χ1) is 11.8. The van der Waals surface area contributed by atoms with E-state index in [1.165, 1.54) is 12.1 Å². The number of anilines is 1. The lowest BCUT2D eigenvalue weighted by Crippen LogP contribution is -2.14. The Balaban J connectivity index is 2.50. The molecule has 0 saturated heterocycles. The second-order valence-corrected chi connectivity index (χ2v) is 6.46. The van der Waals surface area contributed by atoms with Crippen LogP contribution in [0.5, 0.6) is 5.75 Å². The van der Waals surface area contributed by atoms with E-state index in [4.69, 9.17) is 4.74 Å². The molecular formula is C20H23NO4. The van der Waals surface area contributed by atoms with Crippen molar-refractivity contribution in [1.82, 2.24) is 0 Å². The summed E-state index contributed by atoms with van der Waals surface area (Å²) in [5.74, 6) is -0.720. The van der Waals surface area contributed by atoms with Crippen LogP contribution in [0.4, 0.5) is 5.69 Å². The summed E-state index contributed by atoms with van der Waals surface area (Å²) in [5.41, 5.74) is 1.41. The Morgan fingerprint density at radius 2 is 1.68 bits per heavy atom. The summed E-state index contributed by atoms with van der Waals surface area (Å²) in [6.07, 6.45) is 0. The monoisotopic (exact) mass is 341 g/mol. The topological polar surface area (TPSA) is 66.8 Å². The van der Waals surface area contributed by atoms with E-state index in [2.05, 4.69) is 0 Å². The summed E-state index contributed by atoms with van der Waals surface area (Å²) in [5, 5.41) is 9.33. The van der Waals surface area contributed by atoms with E-state index in [1.54, 1.807) is 24.3 Å². The third kappa shape index (κ3) is 4.38. The van der Waals surface area contributed by atoms with Crippen molar-refractivity contribution in [1.29, 1.82) is 0 Å². The van der Waals surface area contributed by atoms with Crippen molar-refractivity contribution in [2.75, 3.05) is 25.6 Å². The molecule has 0 unspecified atom stereocenters. The number of carbonyl (C=O) groups excluding carboxylic acids is 1. The SMILES string of the molecule is CC(C)COc1cc(N(C)C)ccc1C(=O)c1ccccc1C(=O)O. The molecule has 0 spiro atoms. The maximum Gasteiger partial charge on any atom is 0.336 e. The molecule has 0 radical (unpaired) electrons. The molecule has 0 bridgehead atoms. The summed E-state index contributed by atoms with van der Waals surface area (Å²) in [6.45, 7) is 4.52. The molecule has 0 aliphatic heterocycles. The minimum absolute atomic E-state index is 0.0148. The van der Waals surface area contributed by atoms with Crippen molar-refractivity contribution in [2.45, 2.75) is 13.8 Å². The van der Waals surface area contributed by atoms with E-state index < -0.39 is 5.97 Å². The summed E-state index contributed by atoms with van der Waals surface area (Å²) in [6, 6.07) is 11.5. The molecular weight excluding hydrogens is 318 g/mol. The molecule has 5 nitrogen and oxygen atoms in total. The van der Waals surface area contributed by atoms with Gasteiger partial charge in [-0.1, -0.05) is 32.0 Å². The van der Waals surface area contributed by atoms with E-state index >= 15 is 0 Å². The molecule has 2 rings (SSSR count). The molecule has 0 aliphatic rings. The van der Waals surface area contributed by atoms with Crippen LogP contribution in [0.25, 0.3) is 0 Å². The molecule has 0 heterocycles. The second kappa shape index (κ2) is 7.83. The highest BCUT2D eigenvalue weighted by Crippen LogP contribution is 2.28. The number of rotatable bonds is 7. The van der Waals surface area contributed by atoms with Gasteiger partial charge in [0.25, 0.3) is 0 Å². The normalized spacial score (nSPS) is 10.6. The van der Waals surface area contributed by atoms with Crippen molar-refractivity contribution in [2.24, 2.45) is 5.92 Å². The zero-order valence-electron chi connectivity index (χ0n) is 14.9. The fraction of sp³-hybridized carbons (Fsp3) is 0.300. The first kappa shape index (κ1) is 18.5. The summed E-state index contributed by atoms with van der Waals surface area (Å²) >= 11 is 0. The molecule has 0 atom stereocenters. The van der Waals surface area contributed by atoms with Gasteiger partial charge in [-0.3, -0.25) is 4.79 Å². The first-order valence-corrected chi connectivity index (χ1v) is 8.12. The van der Waals surface area contributed by atoms with Gasteiger partial charge in [0.15, 0.2) is 5.78 Å². The lowest BCUT2D eigenvalue weighted by molar-refractivity contribution is 0.0692. The van der Waals surface area contributed by atoms with E-state index in [9.17, 15) is 14.7 Å². The number of ether oxygens (including phenoxy) is 1. The van der Waals surface area contributed by atoms with Gasteiger partial charge in [-0.05, 0) is 24.1 Å². The zero-order chi connectivity index (χ0) is 18.6. The van der Waals surface area contributed by atoms with Gasteiger partial charge in [0.05, 0.1) is 17.7 Å². The van der Waals surface area contributed by atoms with Crippen LogP contribution in [0.2, 0.25) is 0 Å². The zero-order valence-corrected chi connectivity index (χ0v) is 14.9. The average molecular weight is 341 g/mol. The van der Waals surface area contributed by atoms with Gasteiger partial charge in [0.1, 0.15) is 5.75 Å². The van der Waals surface area contributed by atoms with Crippen LogP contribution < -0.4 is 9.64 Å². The number of nitrogens with zero attached hydrogens (tertiary/aromatic N) is 1. The van der Waals surface area contributed by atoms with Gasteiger partial charge >= 0.3 is 5.97 Å². The maximum atomic E-state index is 13.0. The van der Waals surface area contributed by atoms with Gasteiger partial charge < -0.3 is 14.7 Å². The van der Waals surface area contributed by atoms with Crippen LogP contribution in [-0.2, 0) is 0 Å². The number of hydrogen-bond donors (Lipinski definition) is 1. The summed E-state index contributed by atoms with van der Waals surface area (Å²) in [4.78, 5) is 26.3. The van der Waals surface area contributed by atoms with E-state index in [0.29, 0.717) is 23.8 Å². The van der Waals surface area contributed by atoms with Crippen LogP contribution in [-0.4, -0.2) is 37.6 Å². The lowest BCUT2D eigenvalue weighted by Gasteiger charge is -2.18. The second-order valence-electron chi connectivity index (χ2n) is 6.46. The number of ketones is 1. The highest BCUT2D eigenvalue weighted by molar-refractivity contribution is 6.15. The van der Waals surface area contributed by atoms with Crippen LogP contribution >= 0.6 is 0 Å².